The Morgan fingerprint density at radius 3 is 2.09 bits per heavy atom. The minimum Gasteiger partial charge on any atom is -0.380 e. The molecule has 60 valence electrons. The zero-order valence-corrected chi connectivity index (χ0v) is 6.88. The highest BCUT2D eigenvalue weighted by Gasteiger charge is 2.08. The van der Waals surface area contributed by atoms with E-state index in [2.05, 4.69) is 0 Å². The van der Waals surface area contributed by atoms with E-state index in [9.17, 15) is 4.79 Å². The summed E-state index contributed by atoms with van der Waals surface area (Å²) < 4.78 is 0. The molecule has 0 radical (unpaired) electrons. The lowest BCUT2D eigenvalue weighted by molar-refractivity contribution is -0.114. The lowest BCUT2D eigenvalue weighted by atomic mass is 10.2. The number of hydrogen-bond donors (Lipinski definition) is 1. The molecule has 4 nitrogen and oxygen atoms in total. The molecule has 0 saturated heterocycles. The Labute approximate surface area is 65.9 Å². The van der Waals surface area contributed by atoms with Crippen LogP contribution >= 0.6 is 0 Å². The second kappa shape index (κ2) is 3.62. The number of nitriles is 1. The van der Waals surface area contributed by atoms with Gasteiger partial charge in [-0.1, -0.05) is 0 Å². The topological polar surface area (TPSA) is 70.1 Å². The molecule has 1 amide bonds. The summed E-state index contributed by atoms with van der Waals surface area (Å²) in [6.07, 6.45) is 0. The third-order valence-electron chi connectivity index (χ3n) is 1.39. The molecule has 0 unspecified atom stereocenters. The van der Waals surface area contributed by atoms with Crippen molar-refractivity contribution in [3.63, 3.8) is 0 Å². The molecule has 0 aliphatic carbocycles. The molecule has 0 saturated carbocycles. The molecule has 4 heteroatoms. The van der Waals surface area contributed by atoms with Crippen LogP contribution in [0.25, 0.3) is 0 Å². The molecule has 0 aromatic rings. The average molecular weight is 153 g/mol. The summed E-state index contributed by atoms with van der Waals surface area (Å²) in [4.78, 5) is 12.3. The third-order valence-corrected chi connectivity index (χ3v) is 1.39. The van der Waals surface area contributed by atoms with E-state index in [1.54, 1.807) is 32.0 Å². The fraction of sp³-hybridized carbons (Fsp3) is 0.429. The molecule has 0 fully saturated rings. The Morgan fingerprint density at radius 2 is 2.00 bits per heavy atom. The number of primary amides is 1. The van der Waals surface area contributed by atoms with E-state index in [1.165, 1.54) is 0 Å². The van der Waals surface area contributed by atoms with E-state index in [1.807, 2.05) is 0 Å². The second-order valence-electron chi connectivity index (χ2n) is 2.33. The minimum atomic E-state index is -0.682. The van der Waals surface area contributed by atoms with Crippen LogP contribution in [-0.4, -0.2) is 24.9 Å². The summed E-state index contributed by atoms with van der Waals surface area (Å²) in [5.74, 6) is -0.682. The van der Waals surface area contributed by atoms with Crippen molar-refractivity contribution < 1.29 is 4.79 Å². The normalized spacial score (nSPS) is 11.5. The number of carbonyl (C=O) groups excluding carboxylic acids is 1. The standard InChI is InChI=1S/C7H11N3O/c1-5(10(2)3)6(4-8)7(9)11/h1-3H3,(H2,9,11)/b6-5+. The van der Waals surface area contributed by atoms with Gasteiger partial charge in [-0.15, -0.1) is 0 Å². The Balaban J connectivity index is 4.88. The van der Waals surface area contributed by atoms with E-state index in [0.29, 0.717) is 5.70 Å². The fourth-order valence-corrected chi connectivity index (χ4v) is 0.538. The smallest absolute Gasteiger partial charge is 0.261 e. The van der Waals surface area contributed by atoms with Crippen molar-refractivity contribution in [1.82, 2.24) is 4.90 Å². The van der Waals surface area contributed by atoms with Gasteiger partial charge in [-0.05, 0) is 6.92 Å². The van der Waals surface area contributed by atoms with E-state index in [-0.39, 0.29) is 5.57 Å². The number of nitrogens with two attached hydrogens (primary N) is 1. The summed E-state index contributed by atoms with van der Waals surface area (Å²) in [6, 6.07) is 1.75. The Morgan fingerprint density at radius 1 is 1.55 bits per heavy atom. The zero-order chi connectivity index (χ0) is 9.02. The van der Waals surface area contributed by atoms with Gasteiger partial charge in [-0.3, -0.25) is 4.79 Å². The van der Waals surface area contributed by atoms with Crippen LogP contribution in [0.15, 0.2) is 11.3 Å². The van der Waals surface area contributed by atoms with Gasteiger partial charge in [0.15, 0.2) is 0 Å². The Bertz CT molecular complexity index is 235. The average Bonchev–Trinajstić information content (AvgIpc) is 1.88. The molecule has 0 bridgehead atoms. The quantitative estimate of drug-likeness (QED) is 0.442. The van der Waals surface area contributed by atoms with E-state index in [4.69, 9.17) is 11.0 Å². The first-order chi connectivity index (χ1) is 5.00. The minimum absolute atomic E-state index is 0.00926. The van der Waals surface area contributed by atoms with E-state index in [0.717, 1.165) is 0 Å². The predicted octanol–water partition coefficient (Wildman–Crippen LogP) is -0.169. The lowest BCUT2D eigenvalue weighted by Gasteiger charge is -2.12. The molecule has 0 heterocycles. The first kappa shape index (κ1) is 9.50. The second-order valence-corrected chi connectivity index (χ2v) is 2.33. The molecular weight excluding hydrogens is 142 g/mol. The van der Waals surface area contributed by atoms with Gasteiger partial charge in [0.25, 0.3) is 5.91 Å². The van der Waals surface area contributed by atoms with Gasteiger partial charge in [0.2, 0.25) is 0 Å². The predicted molar refractivity (Wildman–Crippen MR) is 41.2 cm³/mol. The molecular formula is C7H11N3O. The molecule has 0 spiro atoms. The Kier molecular flexibility index (Phi) is 3.12. The van der Waals surface area contributed by atoms with Crippen LogP contribution in [0.5, 0.6) is 0 Å². The van der Waals surface area contributed by atoms with E-state index >= 15 is 0 Å². The molecule has 0 aliphatic heterocycles. The molecule has 2 N–H and O–H groups in total. The lowest BCUT2D eigenvalue weighted by Crippen LogP contribution is -2.19. The van der Waals surface area contributed by atoms with Gasteiger partial charge < -0.3 is 10.6 Å². The molecule has 11 heavy (non-hydrogen) atoms. The van der Waals surface area contributed by atoms with Gasteiger partial charge >= 0.3 is 0 Å². The van der Waals surface area contributed by atoms with Gasteiger partial charge in [-0.2, -0.15) is 5.26 Å². The number of rotatable bonds is 2. The molecule has 0 aromatic carbocycles. The van der Waals surface area contributed by atoms with Crippen molar-refractivity contribution in [2.24, 2.45) is 5.73 Å². The van der Waals surface area contributed by atoms with Crippen LogP contribution in [0, 0.1) is 11.3 Å². The van der Waals surface area contributed by atoms with Gasteiger partial charge in [0.1, 0.15) is 11.6 Å². The van der Waals surface area contributed by atoms with Gasteiger partial charge in [0, 0.05) is 19.8 Å². The molecule has 0 atom stereocenters. The molecule has 0 rings (SSSR count). The fourth-order valence-electron chi connectivity index (χ4n) is 0.538. The zero-order valence-electron chi connectivity index (χ0n) is 6.88. The largest absolute Gasteiger partial charge is 0.380 e. The highest BCUT2D eigenvalue weighted by molar-refractivity contribution is 5.96. The summed E-state index contributed by atoms with van der Waals surface area (Å²) in [6.45, 7) is 1.67. The van der Waals surface area contributed by atoms with Crippen LogP contribution in [0.3, 0.4) is 0 Å². The number of allylic oxidation sites excluding steroid dienone is 1. The first-order valence-corrected chi connectivity index (χ1v) is 3.08. The maximum atomic E-state index is 10.6. The first-order valence-electron chi connectivity index (χ1n) is 3.08. The van der Waals surface area contributed by atoms with Crippen LogP contribution in [0.2, 0.25) is 0 Å². The van der Waals surface area contributed by atoms with Crippen LogP contribution in [0.4, 0.5) is 0 Å². The maximum Gasteiger partial charge on any atom is 0.261 e. The number of amides is 1. The maximum absolute atomic E-state index is 10.6. The highest BCUT2D eigenvalue weighted by Crippen LogP contribution is 2.03. The highest BCUT2D eigenvalue weighted by atomic mass is 16.1. The van der Waals surface area contributed by atoms with Crippen molar-refractivity contribution in [2.45, 2.75) is 6.92 Å². The third kappa shape index (κ3) is 2.30. The molecule has 0 aliphatic rings. The van der Waals surface area contributed by atoms with Crippen LogP contribution < -0.4 is 5.73 Å². The van der Waals surface area contributed by atoms with Crippen molar-refractivity contribution in [3.05, 3.63) is 11.3 Å². The van der Waals surface area contributed by atoms with Gasteiger partial charge in [0.05, 0.1) is 0 Å². The van der Waals surface area contributed by atoms with Crippen molar-refractivity contribution in [3.8, 4) is 6.07 Å². The number of carbonyl (C=O) groups is 1. The van der Waals surface area contributed by atoms with Crippen LogP contribution in [-0.2, 0) is 4.79 Å². The number of nitrogens with zero attached hydrogens (tertiary/aromatic N) is 2. The Hall–Kier alpha value is -1.50. The molecule has 0 aromatic heterocycles. The van der Waals surface area contributed by atoms with Crippen LogP contribution in [0.1, 0.15) is 6.92 Å². The number of hydrogen-bond acceptors (Lipinski definition) is 3. The monoisotopic (exact) mass is 153 g/mol. The SMILES string of the molecule is C/C(=C(/C#N)C(N)=O)N(C)C. The van der Waals surface area contributed by atoms with E-state index < -0.39 is 5.91 Å². The van der Waals surface area contributed by atoms with Crippen molar-refractivity contribution in [2.75, 3.05) is 14.1 Å². The summed E-state index contributed by atoms with van der Waals surface area (Å²) >= 11 is 0. The van der Waals surface area contributed by atoms with Gasteiger partial charge in [-0.25, -0.2) is 0 Å². The summed E-state index contributed by atoms with van der Waals surface area (Å²) in [7, 11) is 3.49. The summed E-state index contributed by atoms with van der Waals surface area (Å²) in [5, 5.41) is 8.48. The van der Waals surface area contributed by atoms with Crippen molar-refractivity contribution in [1.29, 1.82) is 5.26 Å². The summed E-state index contributed by atoms with van der Waals surface area (Å²) in [5.41, 5.74) is 5.53. The van der Waals surface area contributed by atoms with Crippen molar-refractivity contribution >= 4 is 5.91 Å².